The van der Waals surface area contributed by atoms with Gasteiger partial charge < -0.3 is 10.4 Å². The lowest BCUT2D eigenvalue weighted by atomic mass is 10.1. The quantitative estimate of drug-likeness (QED) is 0.824. The van der Waals surface area contributed by atoms with Crippen LogP contribution in [-0.2, 0) is 6.54 Å². The monoisotopic (exact) mass is 225 g/mol. The molecule has 16 heavy (non-hydrogen) atoms. The maximum absolute atomic E-state index is 13.4. The molecule has 0 unspecified atom stereocenters. The zero-order valence-corrected chi connectivity index (χ0v) is 10.4. The first-order valence-corrected chi connectivity index (χ1v) is 5.48. The van der Waals surface area contributed by atoms with Crippen molar-refractivity contribution in [3.8, 4) is 0 Å². The molecule has 0 aromatic heterocycles. The zero-order valence-electron chi connectivity index (χ0n) is 10.4. The highest BCUT2D eigenvalue weighted by atomic mass is 19.1. The summed E-state index contributed by atoms with van der Waals surface area (Å²) in [6.07, 6.45) is 0. The van der Waals surface area contributed by atoms with Crippen molar-refractivity contribution in [3.05, 3.63) is 34.6 Å². The van der Waals surface area contributed by atoms with Gasteiger partial charge in [-0.2, -0.15) is 0 Å². The summed E-state index contributed by atoms with van der Waals surface area (Å²) in [6.45, 7) is 8.19. The summed E-state index contributed by atoms with van der Waals surface area (Å²) in [5.41, 5.74) is 1.66. The van der Waals surface area contributed by atoms with Gasteiger partial charge in [0.2, 0.25) is 0 Å². The van der Waals surface area contributed by atoms with Crippen molar-refractivity contribution >= 4 is 0 Å². The summed E-state index contributed by atoms with van der Waals surface area (Å²) in [5, 5.41) is 12.7. The van der Waals surface area contributed by atoms with E-state index in [1.54, 1.807) is 27.7 Å². The first kappa shape index (κ1) is 13.1. The molecule has 0 heterocycles. The fourth-order valence-electron chi connectivity index (χ4n) is 1.65. The van der Waals surface area contributed by atoms with Crippen molar-refractivity contribution in [2.75, 3.05) is 6.54 Å². The molecule has 1 aromatic carbocycles. The van der Waals surface area contributed by atoms with Crippen molar-refractivity contribution in [2.24, 2.45) is 0 Å². The zero-order chi connectivity index (χ0) is 12.3. The lowest BCUT2D eigenvalue weighted by molar-refractivity contribution is 0.0795. The van der Waals surface area contributed by atoms with Crippen molar-refractivity contribution < 1.29 is 9.50 Å². The molecule has 3 heteroatoms. The molecule has 2 N–H and O–H groups in total. The molecule has 0 radical (unpaired) electrons. The van der Waals surface area contributed by atoms with Gasteiger partial charge in [0.05, 0.1) is 5.60 Å². The Labute approximate surface area is 96.5 Å². The molecule has 0 fully saturated rings. The molecule has 0 bridgehead atoms. The van der Waals surface area contributed by atoms with E-state index in [1.807, 2.05) is 12.1 Å². The summed E-state index contributed by atoms with van der Waals surface area (Å²) in [4.78, 5) is 0. The van der Waals surface area contributed by atoms with Crippen molar-refractivity contribution in [3.63, 3.8) is 0 Å². The van der Waals surface area contributed by atoms with Gasteiger partial charge in [-0.1, -0.05) is 12.1 Å². The maximum Gasteiger partial charge on any atom is 0.129 e. The van der Waals surface area contributed by atoms with Crippen LogP contribution in [0.3, 0.4) is 0 Å². The first-order chi connectivity index (χ1) is 7.29. The third kappa shape index (κ3) is 3.91. The molecule has 0 aliphatic carbocycles. The summed E-state index contributed by atoms with van der Waals surface area (Å²) in [5.74, 6) is -0.133. The van der Waals surface area contributed by atoms with Gasteiger partial charge in [-0.3, -0.25) is 0 Å². The molecule has 0 atom stereocenters. The highest BCUT2D eigenvalue weighted by Gasteiger charge is 2.11. The molecule has 0 saturated heterocycles. The van der Waals surface area contributed by atoms with Gasteiger partial charge in [0.1, 0.15) is 5.82 Å². The van der Waals surface area contributed by atoms with Gasteiger partial charge in [-0.15, -0.1) is 0 Å². The predicted octanol–water partition coefficient (Wildman–Crippen LogP) is 2.30. The first-order valence-electron chi connectivity index (χ1n) is 5.48. The van der Waals surface area contributed by atoms with Crippen LogP contribution in [0, 0.1) is 19.7 Å². The topological polar surface area (TPSA) is 32.3 Å². The van der Waals surface area contributed by atoms with E-state index in [4.69, 9.17) is 0 Å². The SMILES string of the molecule is Cc1cc(CNCC(C)(C)O)cc(C)c1F. The van der Waals surface area contributed by atoms with Gasteiger partial charge in [0, 0.05) is 13.1 Å². The largest absolute Gasteiger partial charge is 0.389 e. The van der Waals surface area contributed by atoms with Gasteiger partial charge in [0.15, 0.2) is 0 Å². The van der Waals surface area contributed by atoms with Gasteiger partial charge in [-0.25, -0.2) is 4.39 Å². The molecule has 0 saturated carbocycles. The molecule has 0 aliphatic heterocycles. The Morgan fingerprint density at radius 3 is 2.19 bits per heavy atom. The van der Waals surface area contributed by atoms with Crippen LogP contribution >= 0.6 is 0 Å². The Morgan fingerprint density at radius 2 is 1.75 bits per heavy atom. The van der Waals surface area contributed by atoms with Crippen LogP contribution in [0.5, 0.6) is 0 Å². The lowest BCUT2D eigenvalue weighted by Gasteiger charge is -2.18. The summed E-state index contributed by atoms with van der Waals surface area (Å²) in [7, 11) is 0. The van der Waals surface area contributed by atoms with Crippen LogP contribution in [0.1, 0.15) is 30.5 Å². The van der Waals surface area contributed by atoms with Gasteiger partial charge in [-0.05, 0) is 44.4 Å². The fraction of sp³-hybridized carbons (Fsp3) is 0.538. The van der Waals surface area contributed by atoms with Crippen LogP contribution in [0.25, 0.3) is 0 Å². The Bertz CT molecular complexity index is 346. The van der Waals surface area contributed by atoms with Crippen LogP contribution in [0.15, 0.2) is 12.1 Å². The van der Waals surface area contributed by atoms with E-state index in [1.165, 1.54) is 0 Å². The summed E-state index contributed by atoms with van der Waals surface area (Å²) >= 11 is 0. The summed E-state index contributed by atoms with van der Waals surface area (Å²) in [6, 6.07) is 3.67. The van der Waals surface area contributed by atoms with E-state index in [0.717, 1.165) is 5.56 Å². The molecule has 2 nitrogen and oxygen atoms in total. The van der Waals surface area contributed by atoms with Crippen molar-refractivity contribution in [2.45, 2.75) is 39.8 Å². The number of nitrogens with one attached hydrogen (secondary N) is 1. The number of aryl methyl sites for hydroxylation is 2. The van der Waals surface area contributed by atoms with E-state index >= 15 is 0 Å². The predicted molar refractivity (Wildman–Crippen MR) is 63.9 cm³/mol. The second-order valence-electron chi connectivity index (χ2n) is 4.96. The Balaban J connectivity index is 2.62. The van der Waals surface area contributed by atoms with Crippen LogP contribution in [0.2, 0.25) is 0 Å². The van der Waals surface area contributed by atoms with Gasteiger partial charge in [0.25, 0.3) is 0 Å². The average Bonchev–Trinajstić information content (AvgIpc) is 2.12. The van der Waals surface area contributed by atoms with Crippen LogP contribution in [-0.4, -0.2) is 17.3 Å². The Morgan fingerprint density at radius 1 is 1.25 bits per heavy atom. The molecule has 90 valence electrons. The van der Waals surface area contributed by atoms with Crippen LogP contribution in [0.4, 0.5) is 4.39 Å². The minimum absolute atomic E-state index is 0.133. The minimum atomic E-state index is -0.718. The third-order valence-electron chi connectivity index (χ3n) is 2.38. The number of hydrogen-bond donors (Lipinski definition) is 2. The Hall–Kier alpha value is -0.930. The van der Waals surface area contributed by atoms with Crippen molar-refractivity contribution in [1.82, 2.24) is 5.32 Å². The van der Waals surface area contributed by atoms with E-state index in [0.29, 0.717) is 24.2 Å². The van der Waals surface area contributed by atoms with E-state index < -0.39 is 5.60 Å². The second-order valence-corrected chi connectivity index (χ2v) is 4.96. The highest BCUT2D eigenvalue weighted by Crippen LogP contribution is 2.14. The summed E-state index contributed by atoms with van der Waals surface area (Å²) < 4.78 is 13.4. The average molecular weight is 225 g/mol. The molecular weight excluding hydrogens is 205 g/mol. The third-order valence-corrected chi connectivity index (χ3v) is 2.38. The minimum Gasteiger partial charge on any atom is -0.389 e. The standard InChI is InChI=1S/C13H20FNO/c1-9-5-11(6-10(2)12(9)14)7-15-8-13(3,4)16/h5-6,15-16H,7-8H2,1-4H3. The molecule has 1 aromatic rings. The molecule has 0 amide bonds. The van der Waals surface area contributed by atoms with E-state index in [-0.39, 0.29) is 5.82 Å². The second kappa shape index (κ2) is 4.93. The maximum atomic E-state index is 13.4. The van der Waals surface area contributed by atoms with Crippen LogP contribution < -0.4 is 5.32 Å². The normalized spacial score (nSPS) is 11.9. The van der Waals surface area contributed by atoms with E-state index in [2.05, 4.69) is 5.32 Å². The Kier molecular flexibility index (Phi) is 4.05. The van der Waals surface area contributed by atoms with E-state index in [9.17, 15) is 9.50 Å². The molecule has 1 rings (SSSR count). The number of aliphatic hydroxyl groups is 1. The number of halogens is 1. The molecular formula is C13H20FNO. The smallest absolute Gasteiger partial charge is 0.129 e. The lowest BCUT2D eigenvalue weighted by Crippen LogP contribution is -2.34. The number of hydrogen-bond acceptors (Lipinski definition) is 2. The fourth-order valence-corrected chi connectivity index (χ4v) is 1.65. The number of rotatable bonds is 4. The van der Waals surface area contributed by atoms with Crippen molar-refractivity contribution in [1.29, 1.82) is 0 Å². The van der Waals surface area contributed by atoms with Gasteiger partial charge >= 0.3 is 0 Å². The molecule has 0 spiro atoms. The molecule has 0 aliphatic rings. The highest BCUT2D eigenvalue weighted by molar-refractivity contribution is 5.30. The number of benzene rings is 1.